The Morgan fingerprint density at radius 3 is 2.50 bits per heavy atom. The first-order valence-corrected chi connectivity index (χ1v) is 7.67. The quantitative estimate of drug-likeness (QED) is 0.832. The lowest BCUT2D eigenvalue weighted by Crippen LogP contribution is -2.19. The van der Waals surface area contributed by atoms with E-state index in [4.69, 9.17) is 0 Å². The smallest absolute Gasteiger partial charge is 0.422 e. The predicted octanol–water partition coefficient (Wildman–Crippen LogP) is 1.73. The van der Waals surface area contributed by atoms with Crippen molar-refractivity contribution in [1.82, 2.24) is 14.8 Å². The molecule has 0 N–H and O–H groups in total. The molecule has 0 bridgehead atoms. The minimum Gasteiger partial charge on any atom is -0.468 e. The third kappa shape index (κ3) is 4.45. The molecule has 0 fully saturated rings. The Hall–Kier alpha value is -2.10. The summed E-state index contributed by atoms with van der Waals surface area (Å²) in [4.78, 5) is 3.72. The van der Waals surface area contributed by atoms with Crippen molar-refractivity contribution >= 4 is 9.84 Å². The Bertz CT molecular complexity index is 739. The van der Waals surface area contributed by atoms with Gasteiger partial charge in [0.25, 0.3) is 0 Å². The molecule has 0 aliphatic carbocycles. The number of hydrogen-bond acceptors (Lipinski definition) is 5. The highest BCUT2D eigenvalue weighted by molar-refractivity contribution is 7.90. The van der Waals surface area contributed by atoms with Gasteiger partial charge in [-0.25, -0.2) is 13.4 Å². The summed E-state index contributed by atoms with van der Waals surface area (Å²) in [7, 11) is -1.99. The van der Waals surface area contributed by atoms with Gasteiger partial charge in [0.2, 0.25) is 5.88 Å². The SMILES string of the molecule is Cn1cc(S(=O)(=O)Cc2ccc(OCC(F)(F)F)nc2)cn1. The van der Waals surface area contributed by atoms with Crippen LogP contribution in [-0.4, -0.2) is 36.0 Å². The first-order chi connectivity index (χ1) is 10.2. The monoisotopic (exact) mass is 335 g/mol. The zero-order chi connectivity index (χ0) is 16.4. The number of ether oxygens (including phenoxy) is 1. The average Bonchev–Trinajstić information content (AvgIpc) is 2.84. The Morgan fingerprint density at radius 2 is 2.00 bits per heavy atom. The molecule has 10 heteroatoms. The molecule has 0 radical (unpaired) electrons. The fraction of sp³-hybridized carbons (Fsp3) is 0.333. The third-order valence-corrected chi connectivity index (χ3v) is 4.22. The van der Waals surface area contributed by atoms with Crippen LogP contribution in [0.4, 0.5) is 13.2 Å². The first kappa shape index (κ1) is 16.3. The fourth-order valence-corrected chi connectivity index (χ4v) is 2.90. The molecule has 2 rings (SSSR count). The van der Waals surface area contributed by atoms with Gasteiger partial charge in [0, 0.05) is 25.5 Å². The van der Waals surface area contributed by atoms with Crippen LogP contribution in [-0.2, 0) is 22.6 Å². The zero-order valence-corrected chi connectivity index (χ0v) is 12.2. The lowest BCUT2D eigenvalue weighted by Gasteiger charge is -2.08. The van der Waals surface area contributed by atoms with Crippen LogP contribution in [0, 0.1) is 0 Å². The molecule has 0 aliphatic rings. The summed E-state index contributed by atoms with van der Waals surface area (Å²) in [6, 6.07) is 2.55. The molecular weight excluding hydrogens is 323 g/mol. The van der Waals surface area contributed by atoms with Crippen LogP contribution in [0.15, 0.2) is 35.6 Å². The number of alkyl halides is 3. The third-order valence-electron chi connectivity index (χ3n) is 2.58. The van der Waals surface area contributed by atoms with E-state index in [1.165, 1.54) is 35.4 Å². The van der Waals surface area contributed by atoms with Gasteiger partial charge in [-0.3, -0.25) is 4.68 Å². The van der Waals surface area contributed by atoms with Crippen molar-refractivity contribution in [3.05, 3.63) is 36.3 Å². The lowest BCUT2D eigenvalue weighted by molar-refractivity contribution is -0.154. The Balaban J connectivity index is 2.05. The molecule has 0 unspecified atom stereocenters. The second-order valence-electron chi connectivity index (χ2n) is 4.52. The normalized spacial score (nSPS) is 12.4. The van der Waals surface area contributed by atoms with E-state index >= 15 is 0 Å². The molecule has 2 aromatic heterocycles. The Morgan fingerprint density at radius 1 is 1.27 bits per heavy atom. The largest absolute Gasteiger partial charge is 0.468 e. The van der Waals surface area contributed by atoms with Crippen molar-refractivity contribution in [3.8, 4) is 5.88 Å². The maximum absolute atomic E-state index is 12.1. The molecule has 2 aromatic rings. The van der Waals surface area contributed by atoms with E-state index in [0.717, 1.165) is 0 Å². The minimum absolute atomic E-state index is 0.0624. The number of aromatic nitrogens is 3. The average molecular weight is 335 g/mol. The van der Waals surface area contributed by atoms with Crippen LogP contribution in [0.2, 0.25) is 0 Å². The van der Waals surface area contributed by atoms with Gasteiger partial charge in [0.15, 0.2) is 16.4 Å². The Labute approximate surface area is 124 Å². The summed E-state index contributed by atoms with van der Waals surface area (Å²) in [6.45, 7) is -1.45. The molecule has 0 aliphatic heterocycles. The van der Waals surface area contributed by atoms with Crippen LogP contribution in [0.25, 0.3) is 0 Å². The second-order valence-corrected chi connectivity index (χ2v) is 6.51. The highest BCUT2D eigenvalue weighted by atomic mass is 32.2. The minimum atomic E-state index is -4.45. The van der Waals surface area contributed by atoms with E-state index in [-0.39, 0.29) is 16.5 Å². The van der Waals surface area contributed by atoms with Gasteiger partial charge in [0.05, 0.1) is 11.9 Å². The summed E-state index contributed by atoms with van der Waals surface area (Å²) < 4.78 is 66.0. The number of aryl methyl sites for hydroxylation is 1. The maximum atomic E-state index is 12.1. The van der Waals surface area contributed by atoms with Crippen molar-refractivity contribution in [2.24, 2.45) is 7.05 Å². The van der Waals surface area contributed by atoms with E-state index in [1.54, 1.807) is 7.05 Å². The molecule has 0 atom stereocenters. The number of nitrogens with zero attached hydrogens (tertiary/aromatic N) is 3. The van der Waals surface area contributed by atoms with E-state index in [2.05, 4.69) is 14.8 Å². The van der Waals surface area contributed by atoms with E-state index in [1.807, 2.05) is 0 Å². The van der Waals surface area contributed by atoms with Crippen LogP contribution in [0.1, 0.15) is 5.56 Å². The molecule has 0 spiro atoms. The Kier molecular flexibility index (Phi) is 4.40. The van der Waals surface area contributed by atoms with Gasteiger partial charge in [0.1, 0.15) is 4.90 Å². The lowest BCUT2D eigenvalue weighted by atomic mass is 10.3. The topological polar surface area (TPSA) is 74.1 Å². The van der Waals surface area contributed by atoms with E-state index in [0.29, 0.717) is 5.56 Å². The molecule has 0 aromatic carbocycles. The number of hydrogen-bond donors (Lipinski definition) is 0. The maximum Gasteiger partial charge on any atom is 0.422 e. The van der Waals surface area contributed by atoms with Gasteiger partial charge in [-0.2, -0.15) is 18.3 Å². The summed E-state index contributed by atoms with van der Waals surface area (Å²) in [6.07, 6.45) is -0.698. The molecule has 2 heterocycles. The van der Waals surface area contributed by atoms with Crippen molar-refractivity contribution < 1.29 is 26.3 Å². The number of rotatable bonds is 5. The van der Waals surface area contributed by atoms with E-state index < -0.39 is 22.6 Å². The first-order valence-electron chi connectivity index (χ1n) is 6.02. The van der Waals surface area contributed by atoms with Gasteiger partial charge in [-0.15, -0.1) is 0 Å². The summed E-state index contributed by atoms with van der Waals surface area (Å²) in [5.41, 5.74) is 0.336. The number of halogens is 3. The van der Waals surface area contributed by atoms with Crippen molar-refractivity contribution in [2.75, 3.05) is 6.61 Å². The molecule has 0 amide bonds. The van der Waals surface area contributed by atoms with Crippen LogP contribution in [0.5, 0.6) is 5.88 Å². The summed E-state index contributed by atoms with van der Waals surface area (Å²) in [5, 5.41) is 3.78. The highest BCUT2D eigenvalue weighted by Crippen LogP contribution is 2.19. The molecular formula is C12H12F3N3O3S. The van der Waals surface area contributed by atoms with Gasteiger partial charge >= 0.3 is 6.18 Å². The molecule has 120 valence electrons. The van der Waals surface area contributed by atoms with Gasteiger partial charge < -0.3 is 4.74 Å². The molecule has 0 saturated carbocycles. The van der Waals surface area contributed by atoms with Crippen molar-refractivity contribution in [1.29, 1.82) is 0 Å². The second kappa shape index (κ2) is 5.95. The van der Waals surface area contributed by atoms with Crippen LogP contribution < -0.4 is 4.74 Å². The number of sulfone groups is 1. The van der Waals surface area contributed by atoms with E-state index in [9.17, 15) is 21.6 Å². The fourth-order valence-electron chi connectivity index (χ4n) is 1.60. The summed E-state index contributed by atoms with van der Waals surface area (Å²) >= 11 is 0. The van der Waals surface area contributed by atoms with Crippen molar-refractivity contribution in [3.63, 3.8) is 0 Å². The molecule has 22 heavy (non-hydrogen) atoms. The van der Waals surface area contributed by atoms with Crippen LogP contribution >= 0.6 is 0 Å². The molecule has 6 nitrogen and oxygen atoms in total. The number of pyridine rings is 1. The van der Waals surface area contributed by atoms with Gasteiger partial charge in [-0.05, 0) is 5.56 Å². The highest BCUT2D eigenvalue weighted by Gasteiger charge is 2.28. The van der Waals surface area contributed by atoms with Crippen LogP contribution in [0.3, 0.4) is 0 Å². The zero-order valence-electron chi connectivity index (χ0n) is 11.4. The molecule has 0 saturated heterocycles. The van der Waals surface area contributed by atoms with Crippen molar-refractivity contribution in [2.45, 2.75) is 16.8 Å². The standard InChI is InChI=1S/C12H12F3N3O3S/c1-18-6-10(5-17-18)22(19,20)7-9-2-3-11(16-4-9)21-8-12(13,14)15/h2-6H,7-8H2,1H3. The van der Waals surface area contributed by atoms with Gasteiger partial charge in [-0.1, -0.05) is 6.07 Å². The summed E-state index contributed by atoms with van der Waals surface area (Å²) in [5.74, 6) is -0.550. The predicted molar refractivity (Wildman–Crippen MR) is 69.9 cm³/mol.